The van der Waals surface area contributed by atoms with Crippen LogP contribution >= 0.6 is 0 Å². The average molecular weight is 385 g/mol. The lowest BCUT2D eigenvalue weighted by molar-refractivity contribution is -0.147. The van der Waals surface area contributed by atoms with E-state index in [4.69, 9.17) is 9.47 Å². The van der Waals surface area contributed by atoms with Gasteiger partial charge in [-0.15, -0.1) is 0 Å². The summed E-state index contributed by atoms with van der Waals surface area (Å²) in [5, 5.41) is 9.72. The summed E-state index contributed by atoms with van der Waals surface area (Å²) in [6.07, 6.45) is -4.31. The fraction of sp³-hybridized carbons (Fsp3) is 0.526. The van der Waals surface area contributed by atoms with Crippen molar-refractivity contribution in [2.24, 2.45) is 0 Å². The maximum absolute atomic E-state index is 12.8. The monoisotopic (exact) mass is 385 g/mol. The first-order valence-corrected chi connectivity index (χ1v) is 8.58. The number of benzene rings is 1. The van der Waals surface area contributed by atoms with Crippen molar-refractivity contribution in [3.63, 3.8) is 0 Å². The number of nitriles is 1. The Balaban J connectivity index is 3.20. The number of carbonyl (C=O) groups excluding carboxylic acids is 2. The Morgan fingerprint density at radius 1 is 0.926 bits per heavy atom. The van der Waals surface area contributed by atoms with Crippen LogP contribution in [0.25, 0.3) is 0 Å². The van der Waals surface area contributed by atoms with Crippen molar-refractivity contribution in [2.75, 3.05) is 13.2 Å². The zero-order valence-corrected chi connectivity index (χ0v) is 15.3. The molecule has 0 amide bonds. The summed E-state index contributed by atoms with van der Waals surface area (Å²) in [5.74, 6) is -1.41. The van der Waals surface area contributed by atoms with E-state index in [0.29, 0.717) is 12.8 Å². The van der Waals surface area contributed by atoms with Gasteiger partial charge in [-0.3, -0.25) is 9.59 Å². The molecule has 0 aliphatic heterocycles. The van der Waals surface area contributed by atoms with Crippen LogP contribution in [0.1, 0.15) is 50.7 Å². The standard InChI is InChI=1S/C19H22F3NO4/c1-3-9-26-16(24)11-18(13-23,12-17(25)27-10-4-2)14-5-7-15(8-6-14)19(20,21)22/h5-8H,3-4,9-12H2,1-2H3. The maximum Gasteiger partial charge on any atom is 0.416 e. The molecular formula is C19H22F3NO4. The number of hydrogen-bond acceptors (Lipinski definition) is 5. The van der Waals surface area contributed by atoms with E-state index in [1.54, 1.807) is 13.8 Å². The minimum absolute atomic E-state index is 0.125. The van der Waals surface area contributed by atoms with Crippen LogP contribution in [0.15, 0.2) is 24.3 Å². The molecule has 8 heteroatoms. The van der Waals surface area contributed by atoms with Gasteiger partial charge in [-0.1, -0.05) is 26.0 Å². The number of alkyl halides is 3. The Morgan fingerprint density at radius 3 is 1.67 bits per heavy atom. The van der Waals surface area contributed by atoms with Crippen LogP contribution in [0.3, 0.4) is 0 Å². The molecule has 0 N–H and O–H groups in total. The lowest BCUT2D eigenvalue weighted by atomic mass is 9.76. The lowest BCUT2D eigenvalue weighted by Gasteiger charge is -2.25. The summed E-state index contributed by atoms with van der Waals surface area (Å²) in [6, 6.07) is 5.76. The number of nitrogens with zero attached hydrogens (tertiary/aromatic N) is 1. The van der Waals surface area contributed by atoms with Crippen molar-refractivity contribution >= 4 is 11.9 Å². The zero-order chi connectivity index (χ0) is 20.5. The Hall–Kier alpha value is -2.56. The van der Waals surface area contributed by atoms with Gasteiger partial charge in [-0.25, -0.2) is 0 Å². The van der Waals surface area contributed by atoms with Crippen molar-refractivity contribution < 1.29 is 32.2 Å². The van der Waals surface area contributed by atoms with Crippen molar-refractivity contribution in [1.82, 2.24) is 0 Å². The van der Waals surface area contributed by atoms with Gasteiger partial charge in [0.25, 0.3) is 0 Å². The van der Waals surface area contributed by atoms with Crippen molar-refractivity contribution in [2.45, 2.75) is 51.1 Å². The summed E-state index contributed by atoms with van der Waals surface area (Å²) >= 11 is 0. The third-order valence-electron chi connectivity index (χ3n) is 3.81. The molecule has 0 atom stereocenters. The third kappa shape index (κ3) is 6.59. The molecule has 148 valence electrons. The quantitative estimate of drug-likeness (QED) is 0.597. The van der Waals surface area contributed by atoms with E-state index in [0.717, 1.165) is 24.3 Å². The number of halogens is 3. The number of carbonyl (C=O) groups is 2. The molecule has 0 spiro atoms. The zero-order valence-electron chi connectivity index (χ0n) is 15.3. The molecule has 0 saturated carbocycles. The molecule has 0 bridgehead atoms. The highest BCUT2D eigenvalue weighted by Crippen LogP contribution is 2.35. The largest absolute Gasteiger partial charge is 0.466 e. The molecular weight excluding hydrogens is 363 g/mol. The Labute approximate surface area is 156 Å². The van der Waals surface area contributed by atoms with E-state index in [1.807, 2.05) is 6.07 Å². The Bertz CT molecular complexity index is 656. The number of ether oxygens (including phenoxy) is 2. The van der Waals surface area contributed by atoms with Gasteiger partial charge in [-0.05, 0) is 30.5 Å². The van der Waals surface area contributed by atoms with E-state index >= 15 is 0 Å². The second kappa shape index (κ2) is 9.95. The molecule has 27 heavy (non-hydrogen) atoms. The van der Waals surface area contributed by atoms with Crippen molar-refractivity contribution in [1.29, 1.82) is 5.26 Å². The summed E-state index contributed by atoms with van der Waals surface area (Å²) < 4.78 is 48.3. The SMILES string of the molecule is CCCOC(=O)CC(C#N)(CC(=O)OCCC)c1ccc(C(F)(F)F)cc1. The summed E-state index contributed by atoms with van der Waals surface area (Å²) in [4.78, 5) is 24.1. The molecule has 1 aromatic carbocycles. The normalized spacial score (nSPS) is 11.6. The summed E-state index contributed by atoms with van der Waals surface area (Å²) in [6.45, 7) is 3.88. The molecule has 0 radical (unpaired) electrons. The van der Waals surface area contributed by atoms with Crippen LogP contribution in [0.4, 0.5) is 13.2 Å². The summed E-state index contributed by atoms with van der Waals surface area (Å²) in [7, 11) is 0. The highest BCUT2D eigenvalue weighted by atomic mass is 19.4. The van der Waals surface area contributed by atoms with Gasteiger partial charge < -0.3 is 9.47 Å². The predicted octanol–water partition coefficient (Wildman–Crippen LogP) is 4.15. The smallest absolute Gasteiger partial charge is 0.416 e. The molecule has 0 saturated heterocycles. The Morgan fingerprint density at radius 2 is 1.33 bits per heavy atom. The van der Waals surface area contributed by atoms with E-state index in [9.17, 15) is 28.0 Å². The first kappa shape index (κ1) is 22.5. The van der Waals surface area contributed by atoms with Crippen LogP contribution in [-0.2, 0) is 30.7 Å². The molecule has 0 fully saturated rings. The van der Waals surface area contributed by atoms with E-state index < -0.39 is 41.9 Å². The molecule has 0 aliphatic rings. The second-order valence-electron chi connectivity index (χ2n) is 6.06. The van der Waals surface area contributed by atoms with Crippen molar-refractivity contribution in [3.8, 4) is 6.07 Å². The molecule has 0 unspecified atom stereocenters. The minimum atomic E-state index is -4.53. The fourth-order valence-corrected chi connectivity index (χ4v) is 2.42. The van der Waals surface area contributed by atoms with Gasteiger partial charge >= 0.3 is 18.1 Å². The topological polar surface area (TPSA) is 76.4 Å². The van der Waals surface area contributed by atoms with Crippen LogP contribution in [-0.4, -0.2) is 25.2 Å². The maximum atomic E-state index is 12.8. The van der Waals surface area contributed by atoms with Gasteiger partial charge in [0.05, 0.1) is 37.7 Å². The molecule has 0 heterocycles. The molecule has 0 aliphatic carbocycles. The van der Waals surface area contributed by atoms with Crippen LogP contribution < -0.4 is 0 Å². The van der Waals surface area contributed by atoms with Gasteiger partial charge in [0.15, 0.2) is 0 Å². The van der Waals surface area contributed by atoms with Crippen LogP contribution in [0, 0.1) is 11.3 Å². The number of hydrogen-bond donors (Lipinski definition) is 0. The second-order valence-corrected chi connectivity index (χ2v) is 6.06. The fourth-order valence-electron chi connectivity index (χ4n) is 2.42. The van der Waals surface area contributed by atoms with Gasteiger partial charge in [0, 0.05) is 0 Å². The van der Waals surface area contributed by atoms with Gasteiger partial charge in [0.1, 0.15) is 5.41 Å². The highest BCUT2D eigenvalue weighted by Gasteiger charge is 2.40. The molecule has 1 aromatic rings. The predicted molar refractivity (Wildman–Crippen MR) is 90.5 cm³/mol. The van der Waals surface area contributed by atoms with Crippen molar-refractivity contribution in [3.05, 3.63) is 35.4 Å². The van der Waals surface area contributed by atoms with Gasteiger partial charge in [-0.2, -0.15) is 18.4 Å². The highest BCUT2D eigenvalue weighted by molar-refractivity contribution is 5.77. The van der Waals surface area contributed by atoms with E-state index in [1.165, 1.54) is 0 Å². The Kier molecular flexibility index (Phi) is 8.29. The molecule has 0 aromatic heterocycles. The number of rotatable bonds is 9. The first-order valence-electron chi connectivity index (χ1n) is 8.58. The average Bonchev–Trinajstić information content (AvgIpc) is 2.63. The lowest BCUT2D eigenvalue weighted by Crippen LogP contribution is -2.32. The first-order chi connectivity index (χ1) is 12.7. The molecule has 1 rings (SSSR count). The molecule has 5 nitrogen and oxygen atoms in total. The van der Waals surface area contributed by atoms with Crippen LogP contribution in [0.5, 0.6) is 0 Å². The number of esters is 2. The minimum Gasteiger partial charge on any atom is -0.466 e. The van der Waals surface area contributed by atoms with Crippen LogP contribution in [0.2, 0.25) is 0 Å². The third-order valence-corrected chi connectivity index (χ3v) is 3.81. The van der Waals surface area contributed by atoms with Gasteiger partial charge in [0.2, 0.25) is 0 Å². The van der Waals surface area contributed by atoms with E-state index in [2.05, 4.69) is 0 Å². The van der Waals surface area contributed by atoms with E-state index in [-0.39, 0.29) is 18.8 Å². The summed E-state index contributed by atoms with van der Waals surface area (Å²) in [5.41, 5.74) is -2.43.